The summed E-state index contributed by atoms with van der Waals surface area (Å²) >= 11 is 0. The number of nitrogens with zero attached hydrogens (tertiary/aromatic N) is 1. The van der Waals surface area contributed by atoms with Crippen molar-refractivity contribution in [3.05, 3.63) is 48.2 Å². The number of hydrogen-bond donors (Lipinski definition) is 0. The van der Waals surface area contributed by atoms with E-state index in [9.17, 15) is 4.79 Å². The average molecular weight is 209 g/mol. The Kier molecular flexibility index (Phi) is 2.07. The lowest BCUT2D eigenvalue weighted by Gasteiger charge is -2.05. The summed E-state index contributed by atoms with van der Waals surface area (Å²) in [7, 11) is 0. The fourth-order valence-electron chi connectivity index (χ4n) is 2.17. The Balaban J connectivity index is 2.24. The Hall–Kier alpha value is -1.96. The summed E-state index contributed by atoms with van der Waals surface area (Å²) in [5, 5.41) is 1.13. The first-order chi connectivity index (χ1) is 7.84. The highest BCUT2D eigenvalue weighted by molar-refractivity contribution is 6.04. The van der Waals surface area contributed by atoms with Gasteiger partial charge in [-0.05, 0) is 24.1 Å². The third kappa shape index (κ3) is 1.43. The van der Waals surface area contributed by atoms with Crippen molar-refractivity contribution < 1.29 is 4.79 Å². The Morgan fingerprint density at radius 1 is 1.06 bits per heavy atom. The van der Waals surface area contributed by atoms with Crippen LogP contribution in [0.2, 0.25) is 0 Å². The van der Waals surface area contributed by atoms with Gasteiger partial charge in [0.2, 0.25) is 0 Å². The monoisotopic (exact) mass is 209 g/mol. The molecule has 16 heavy (non-hydrogen) atoms. The molecule has 1 heterocycles. The van der Waals surface area contributed by atoms with E-state index < -0.39 is 0 Å². The lowest BCUT2D eigenvalue weighted by Crippen LogP contribution is -1.86. The molecule has 0 bridgehead atoms. The highest BCUT2D eigenvalue weighted by atomic mass is 16.1. The summed E-state index contributed by atoms with van der Waals surface area (Å²) in [4.78, 5) is 15.7. The summed E-state index contributed by atoms with van der Waals surface area (Å²) in [5.74, 6) is 0.225. The van der Waals surface area contributed by atoms with E-state index in [0.29, 0.717) is 6.42 Å². The van der Waals surface area contributed by atoms with Crippen molar-refractivity contribution in [1.82, 2.24) is 4.98 Å². The number of benzene rings is 1. The minimum Gasteiger partial charge on any atom is -0.295 e. The topological polar surface area (TPSA) is 30.0 Å². The van der Waals surface area contributed by atoms with E-state index in [2.05, 4.69) is 4.98 Å². The predicted molar refractivity (Wildman–Crippen MR) is 64.0 cm³/mol. The van der Waals surface area contributed by atoms with Gasteiger partial charge in [0.25, 0.3) is 0 Å². The number of allylic oxidation sites excluding steroid dienone is 2. The number of para-hydroxylation sites is 1. The molecule has 1 aliphatic carbocycles. The molecule has 0 spiro atoms. The normalized spacial score (nSPS) is 15.5. The number of carbonyl (C=O) groups excluding carboxylic acids is 1. The smallest absolute Gasteiger partial charge is 0.156 e. The first kappa shape index (κ1) is 9.28. The van der Waals surface area contributed by atoms with E-state index in [0.717, 1.165) is 28.5 Å². The summed E-state index contributed by atoms with van der Waals surface area (Å²) in [6.45, 7) is 0. The van der Waals surface area contributed by atoms with Gasteiger partial charge in [0, 0.05) is 23.6 Å². The van der Waals surface area contributed by atoms with Gasteiger partial charge < -0.3 is 0 Å². The lowest BCUT2D eigenvalue weighted by atomic mass is 10.0. The Labute approximate surface area is 93.6 Å². The zero-order chi connectivity index (χ0) is 11.0. The molecule has 0 atom stereocenters. The van der Waals surface area contributed by atoms with Gasteiger partial charge in [-0.25, -0.2) is 0 Å². The average Bonchev–Trinajstić information content (AvgIpc) is 2.75. The first-order valence-electron chi connectivity index (χ1n) is 5.42. The molecule has 0 fully saturated rings. The van der Waals surface area contributed by atoms with Crippen molar-refractivity contribution in [2.75, 3.05) is 0 Å². The van der Waals surface area contributed by atoms with Crippen molar-refractivity contribution in [3.8, 4) is 0 Å². The number of carbonyl (C=O) groups is 1. The first-order valence-corrected chi connectivity index (χ1v) is 5.42. The third-order valence-corrected chi connectivity index (χ3v) is 2.95. The maximum atomic E-state index is 11.3. The summed E-state index contributed by atoms with van der Waals surface area (Å²) in [6, 6.07) is 10.1. The van der Waals surface area contributed by atoms with Crippen LogP contribution in [0.25, 0.3) is 16.5 Å². The van der Waals surface area contributed by atoms with E-state index in [1.165, 1.54) is 0 Å². The van der Waals surface area contributed by atoms with Crippen LogP contribution in [0.4, 0.5) is 0 Å². The van der Waals surface area contributed by atoms with E-state index in [1.54, 1.807) is 12.3 Å². The fraction of sp³-hybridized carbons (Fsp3) is 0.143. The SMILES string of the molecule is O=C1C=C(c2cccc3cccnc23)CC1. The molecule has 1 aromatic heterocycles. The number of hydrogen-bond acceptors (Lipinski definition) is 2. The van der Waals surface area contributed by atoms with Gasteiger partial charge in [0.15, 0.2) is 5.78 Å². The molecule has 0 radical (unpaired) electrons. The molecular formula is C14H11NO. The third-order valence-electron chi connectivity index (χ3n) is 2.95. The van der Waals surface area contributed by atoms with Gasteiger partial charge in [-0.2, -0.15) is 0 Å². The Morgan fingerprint density at radius 2 is 1.94 bits per heavy atom. The quantitative estimate of drug-likeness (QED) is 0.722. The highest BCUT2D eigenvalue weighted by Gasteiger charge is 2.15. The minimum atomic E-state index is 0.225. The molecule has 2 nitrogen and oxygen atoms in total. The molecule has 0 aliphatic heterocycles. The molecule has 0 unspecified atom stereocenters. The summed E-state index contributed by atoms with van der Waals surface area (Å²) < 4.78 is 0. The predicted octanol–water partition coefficient (Wildman–Crippen LogP) is 2.98. The van der Waals surface area contributed by atoms with Crippen LogP contribution in [0.5, 0.6) is 0 Å². The van der Waals surface area contributed by atoms with Crippen molar-refractivity contribution in [3.63, 3.8) is 0 Å². The van der Waals surface area contributed by atoms with Crippen LogP contribution >= 0.6 is 0 Å². The van der Waals surface area contributed by atoms with Crippen molar-refractivity contribution in [1.29, 1.82) is 0 Å². The molecule has 2 aromatic rings. The zero-order valence-corrected chi connectivity index (χ0v) is 8.81. The highest BCUT2D eigenvalue weighted by Crippen LogP contribution is 2.30. The molecule has 0 saturated carbocycles. The standard InChI is InChI=1S/C14H11NO/c16-12-7-6-11(9-12)13-5-1-3-10-4-2-8-15-14(10)13/h1-5,8-9H,6-7H2. The van der Waals surface area contributed by atoms with Gasteiger partial charge >= 0.3 is 0 Å². The van der Waals surface area contributed by atoms with E-state index in [1.807, 2.05) is 30.3 Å². The van der Waals surface area contributed by atoms with Crippen LogP contribution in [0.1, 0.15) is 18.4 Å². The van der Waals surface area contributed by atoms with Gasteiger partial charge in [0.1, 0.15) is 0 Å². The van der Waals surface area contributed by atoms with Gasteiger partial charge in [0.05, 0.1) is 5.52 Å². The Bertz CT molecular complexity index is 593. The van der Waals surface area contributed by atoms with Crippen LogP contribution in [-0.2, 0) is 4.79 Å². The number of rotatable bonds is 1. The largest absolute Gasteiger partial charge is 0.295 e. The Morgan fingerprint density at radius 3 is 2.75 bits per heavy atom. The van der Waals surface area contributed by atoms with Crippen molar-refractivity contribution in [2.45, 2.75) is 12.8 Å². The van der Waals surface area contributed by atoms with Gasteiger partial charge in [-0.3, -0.25) is 9.78 Å². The number of fused-ring (bicyclic) bond motifs is 1. The summed E-state index contributed by atoms with van der Waals surface area (Å²) in [5.41, 5.74) is 3.21. The second-order valence-corrected chi connectivity index (χ2v) is 4.02. The van der Waals surface area contributed by atoms with Crippen LogP contribution in [0.15, 0.2) is 42.6 Å². The molecule has 3 rings (SSSR count). The molecule has 1 aromatic carbocycles. The van der Waals surface area contributed by atoms with Gasteiger partial charge in [-0.1, -0.05) is 24.3 Å². The maximum Gasteiger partial charge on any atom is 0.156 e. The van der Waals surface area contributed by atoms with E-state index in [4.69, 9.17) is 0 Å². The second kappa shape index (κ2) is 3.56. The lowest BCUT2D eigenvalue weighted by molar-refractivity contribution is -0.114. The van der Waals surface area contributed by atoms with Crippen molar-refractivity contribution >= 4 is 22.3 Å². The second-order valence-electron chi connectivity index (χ2n) is 4.02. The van der Waals surface area contributed by atoms with Crippen LogP contribution in [0.3, 0.4) is 0 Å². The zero-order valence-electron chi connectivity index (χ0n) is 8.81. The van der Waals surface area contributed by atoms with Crippen LogP contribution in [-0.4, -0.2) is 10.8 Å². The van der Waals surface area contributed by atoms with E-state index in [-0.39, 0.29) is 5.78 Å². The maximum absolute atomic E-state index is 11.3. The summed E-state index contributed by atoms with van der Waals surface area (Å²) in [6.07, 6.45) is 5.03. The molecule has 1 aliphatic rings. The molecule has 0 saturated heterocycles. The molecule has 0 amide bonds. The molecule has 2 heteroatoms. The van der Waals surface area contributed by atoms with Crippen molar-refractivity contribution in [2.24, 2.45) is 0 Å². The van der Waals surface area contributed by atoms with E-state index >= 15 is 0 Å². The number of aromatic nitrogens is 1. The number of ketones is 1. The molecule has 78 valence electrons. The fourth-order valence-corrected chi connectivity index (χ4v) is 2.17. The minimum absolute atomic E-state index is 0.225. The van der Waals surface area contributed by atoms with Crippen LogP contribution < -0.4 is 0 Å². The molecular weight excluding hydrogens is 198 g/mol. The van der Waals surface area contributed by atoms with Crippen LogP contribution in [0, 0.1) is 0 Å². The van der Waals surface area contributed by atoms with Gasteiger partial charge in [-0.15, -0.1) is 0 Å². The number of pyridine rings is 1. The molecule has 0 N–H and O–H groups in total.